The minimum atomic E-state index is 0.266. The molecule has 2 aromatic heterocycles. The van der Waals surface area contributed by atoms with Gasteiger partial charge in [0, 0.05) is 36.8 Å². The highest BCUT2D eigenvalue weighted by Crippen LogP contribution is 2.29. The first-order chi connectivity index (χ1) is 16.1. The van der Waals surface area contributed by atoms with Gasteiger partial charge in [-0.3, -0.25) is 9.69 Å². The van der Waals surface area contributed by atoms with E-state index in [1.165, 1.54) is 0 Å². The summed E-state index contributed by atoms with van der Waals surface area (Å²) in [6, 6.07) is 13.9. The van der Waals surface area contributed by atoms with Crippen molar-refractivity contribution in [2.75, 3.05) is 38.5 Å². The maximum atomic E-state index is 12.8. The number of hydrogen-bond acceptors (Lipinski definition) is 6. The van der Waals surface area contributed by atoms with Gasteiger partial charge in [0.05, 0.1) is 11.9 Å². The van der Waals surface area contributed by atoms with Crippen LogP contribution in [-0.4, -0.2) is 63.4 Å². The van der Waals surface area contributed by atoms with Crippen LogP contribution < -0.4 is 5.73 Å². The summed E-state index contributed by atoms with van der Waals surface area (Å²) in [5.74, 6) is 2.32. The molecule has 5 rings (SSSR count). The van der Waals surface area contributed by atoms with E-state index in [0.29, 0.717) is 23.8 Å². The first-order valence-corrected chi connectivity index (χ1v) is 12.1. The van der Waals surface area contributed by atoms with Crippen molar-refractivity contribution in [1.82, 2.24) is 24.8 Å². The smallest absolute Gasteiger partial charge is 0.236 e. The lowest BCUT2D eigenvalue weighted by Gasteiger charge is -2.35. The number of carbonyl (C=O) groups excluding carboxylic acids is 1. The molecule has 1 atom stereocenters. The summed E-state index contributed by atoms with van der Waals surface area (Å²) in [5.41, 5.74) is 8.81. The van der Waals surface area contributed by atoms with Crippen LogP contribution in [0.25, 0.3) is 22.4 Å². The molecule has 1 unspecified atom stereocenters. The van der Waals surface area contributed by atoms with E-state index < -0.39 is 0 Å². The van der Waals surface area contributed by atoms with Gasteiger partial charge in [-0.05, 0) is 50.3 Å². The van der Waals surface area contributed by atoms with Gasteiger partial charge in [0.15, 0.2) is 11.5 Å². The molecule has 2 saturated heterocycles. The number of amides is 1. The van der Waals surface area contributed by atoms with Crippen LogP contribution in [0.1, 0.15) is 44.2 Å². The zero-order chi connectivity index (χ0) is 22.8. The number of piperidine rings is 2. The molecule has 7 heteroatoms. The fourth-order valence-corrected chi connectivity index (χ4v) is 4.98. The molecule has 2 N–H and O–H groups in total. The number of hydrogen-bond donors (Lipinski definition) is 1. The van der Waals surface area contributed by atoms with Crippen LogP contribution in [0, 0.1) is 5.92 Å². The van der Waals surface area contributed by atoms with Gasteiger partial charge in [0.1, 0.15) is 5.82 Å². The van der Waals surface area contributed by atoms with Gasteiger partial charge < -0.3 is 10.6 Å². The van der Waals surface area contributed by atoms with Gasteiger partial charge in [-0.25, -0.2) is 15.0 Å². The molecular weight excluding hydrogens is 412 g/mol. The number of benzene rings is 1. The molecule has 0 saturated carbocycles. The van der Waals surface area contributed by atoms with E-state index in [1.807, 2.05) is 47.4 Å². The molecule has 1 aromatic carbocycles. The van der Waals surface area contributed by atoms with Crippen molar-refractivity contribution in [2.24, 2.45) is 5.92 Å². The summed E-state index contributed by atoms with van der Waals surface area (Å²) in [5, 5.41) is 0.778. The number of nitrogens with zero attached hydrogens (tertiary/aromatic N) is 5. The Bertz CT molecular complexity index is 1130. The summed E-state index contributed by atoms with van der Waals surface area (Å²) in [6.07, 6.45) is 4.36. The fourth-order valence-electron chi connectivity index (χ4n) is 4.98. The molecule has 0 spiro atoms. The van der Waals surface area contributed by atoms with E-state index in [1.54, 1.807) is 0 Å². The molecule has 1 amide bonds. The molecule has 0 bridgehead atoms. The maximum absolute atomic E-state index is 12.8. The van der Waals surface area contributed by atoms with Crippen LogP contribution in [0.5, 0.6) is 0 Å². The Kier molecular flexibility index (Phi) is 6.22. The summed E-state index contributed by atoms with van der Waals surface area (Å²) in [6.45, 7) is 6.39. The van der Waals surface area contributed by atoms with Crippen molar-refractivity contribution >= 4 is 22.8 Å². The van der Waals surface area contributed by atoms with Gasteiger partial charge >= 0.3 is 0 Å². The molecule has 2 fully saturated rings. The average Bonchev–Trinajstić information content (AvgIpc) is 2.85. The lowest BCUT2D eigenvalue weighted by Crippen LogP contribution is -2.46. The van der Waals surface area contributed by atoms with Crippen molar-refractivity contribution in [1.29, 1.82) is 0 Å². The van der Waals surface area contributed by atoms with Gasteiger partial charge in [0.2, 0.25) is 5.91 Å². The van der Waals surface area contributed by atoms with Gasteiger partial charge in [-0.1, -0.05) is 37.3 Å². The highest BCUT2D eigenvalue weighted by Gasteiger charge is 2.27. The number of anilines is 1. The fraction of sp³-hybridized carbons (Fsp3) is 0.462. The molecule has 4 heterocycles. The van der Waals surface area contributed by atoms with Crippen molar-refractivity contribution in [2.45, 2.75) is 38.5 Å². The highest BCUT2D eigenvalue weighted by molar-refractivity contribution is 5.87. The number of fused-ring (bicyclic) bond motifs is 1. The topological polar surface area (TPSA) is 88.2 Å². The van der Waals surface area contributed by atoms with Crippen LogP contribution in [0.15, 0.2) is 42.5 Å². The van der Waals surface area contributed by atoms with Crippen molar-refractivity contribution < 1.29 is 4.79 Å². The number of pyridine rings is 1. The van der Waals surface area contributed by atoms with Crippen LogP contribution in [0.2, 0.25) is 0 Å². The van der Waals surface area contributed by atoms with Crippen molar-refractivity contribution in [3.8, 4) is 11.4 Å². The predicted molar refractivity (Wildman–Crippen MR) is 131 cm³/mol. The standard InChI is InChI=1S/C26H32N6O/c1-18-11-14-32(15-12-18)23(33)17-31-13-5-8-20(16-31)22-10-9-21-24(27)29-25(30-26(21)28-22)19-6-3-2-4-7-19/h2-4,6-7,9-10,18,20H,5,8,11-17H2,1H3,(H2,27,28,29,30). The van der Waals surface area contributed by atoms with Crippen LogP contribution in [-0.2, 0) is 4.79 Å². The molecule has 2 aliphatic heterocycles. The lowest BCUT2D eigenvalue weighted by atomic mass is 9.94. The second kappa shape index (κ2) is 9.43. The second-order valence-corrected chi connectivity index (χ2v) is 9.54. The van der Waals surface area contributed by atoms with Gasteiger partial charge in [-0.2, -0.15) is 0 Å². The quantitative estimate of drug-likeness (QED) is 0.660. The molecule has 172 valence electrons. The predicted octanol–water partition coefficient (Wildman–Crippen LogP) is 3.71. The second-order valence-electron chi connectivity index (χ2n) is 9.54. The largest absolute Gasteiger partial charge is 0.383 e. The number of carbonyl (C=O) groups is 1. The van der Waals surface area contributed by atoms with E-state index >= 15 is 0 Å². The first-order valence-electron chi connectivity index (χ1n) is 12.1. The third kappa shape index (κ3) is 4.83. The zero-order valence-corrected chi connectivity index (χ0v) is 19.3. The Morgan fingerprint density at radius 2 is 1.79 bits per heavy atom. The summed E-state index contributed by atoms with van der Waals surface area (Å²) < 4.78 is 0. The number of aromatic nitrogens is 3. The van der Waals surface area contributed by atoms with E-state index in [-0.39, 0.29) is 11.8 Å². The zero-order valence-electron chi connectivity index (χ0n) is 19.3. The molecule has 3 aromatic rings. The lowest BCUT2D eigenvalue weighted by molar-refractivity contribution is -0.134. The number of likely N-dealkylation sites (tertiary alicyclic amines) is 2. The molecule has 0 aliphatic carbocycles. The number of nitrogens with two attached hydrogens (primary N) is 1. The molecule has 2 aliphatic rings. The molecule has 33 heavy (non-hydrogen) atoms. The van der Waals surface area contributed by atoms with Crippen LogP contribution in [0.4, 0.5) is 5.82 Å². The highest BCUT2D eigenvalue weighted by atomic mass is 16.2. The normalized spacial score (nSPS) is 20.3. The Labute approximate surface area is 195 Å². The van der Waals surface area contributed by atoms with Gasteiger partial charge in [-0.15, -0.1) is 0 Å². The SMILES string of the molecule is CC1CCN(C(=O)CN2CCCC(c3ccc4c(N)nc(-c5ccccc5)nc4n3)C2)CC1. The van der Waals surface area contributed by atoms with Crippen LogP contribution >= 0.6 is 0 Å². The Morgan fingerprint density at radius 3 is 2.58 bits per heavy atom. The Morgan fingerprint density at radius 1 is 1.00 bits per heavy atom. The Hall–Kier alpha value is -3.06. The van der Waals surface area contributed by atoms with Crippen molar-refractivity contribution in [3.05, 3.63) is 48.2 Å². The maximum Gasteiger partial charge on any atom is 0.236 e. The van der Waals surface area contributed by atoms with E-state index in [0.717, 1.165) is 74.4 Å². The monoisotopic (exact) mass is 444 g/mol. The minimum absolute atomic E-state index is 0.266. The summed E-state index contributed by atoms with van der Waals surface area (Å²) >= 11 is 0. The minimum Gasteiger partial charge on any atom is -0.383 e. The molecular formula is C26H32N6O. The average molecular weight is 445 g/mol. The molecule has 7 nitrogen and oxygen atoms in total. The third-order valence-corrected chi connectivity index (χ3v) is 7.06. The number of nitrogen functional groups attached to an aromatic ring is 1. The summed E-state index contributed by atoms with van der Waals surface area (Å²) in [4.78, 5) is 31.3. The van der Waals surface area contributed by atoms with Gasteiger partial charge in [0.25, 0.3) is 0 Å². The Balaban J connectivity index is 1.32. The van der Waals surface area contributed by atoms with Crippen LogP contribution in [0.3, 0.4) is 0 Å². The van der Waals surface area contributed by atoms with E-state index in [2.05, 4.69) is 16.8 Å². The number of rotatable bonds is 4. The first kappa shape index (κ1) is 21.8. The summed E-state index contributed by atoms with van der Waals surface area (Å²) in [7, 11) is 0. The third-order valence-electron chi connectivity index (χ3n) is 7.06. The van der Waals surface area contributed by atoms with E-state index in [4.69, 9.17) is 15.7 Å². The molecule has 0 radical (unpaired) electrons. The van der Waals surface area contributed by atoms with Crippen molar-refractivity contribution in [3.63, 3.8) is 0 Å². The van der Waals surface area contributed by atoms with E-state index in [9.17, 15) is 4.79 Å².